The van der Waals surface area contributed by atoms with Crippen LogP contribution in [0.4, 0.5) is 10.5 Å². The van der Waals surface area contributed by atoms with Crippen LogP contribution in [0.15, 0.2) is 36.0 Å². The average molecular weight is 365 g/mol. The van der Waals surface area contributed by atoms with Crippen molar-refractivity contribution in [3.05, 3.63) is 41.1 Å². The van der Waals surface area contributed by atoms with E-state index in [1.54, 1.807) is 45.0 Å². The fourth-order valence-electron chi connectivity index (χ4n) is 1.61. The normalized spacial score (nSPS) is 11.2. The smallest absolute Gasteiger partial charge is 0.407 e. The highest BCUT2D eigenvalue weighted by molar-refractivity contribution is 6.30. The van der Waals surface area contributed by atoms with E-state index in [2.05, 4.69) is 16.0 Å². The van der Waals surface area contributed by atoms with Crippen molar-refractivity contribution >= 4 is 29.3 Å². The number of nitrogens with one attached hydrogen (secondary N) is 3. The van der Waals surface area contributed by atoms with Crippen LogP contribution < -0.4 is 16.0 Å². The molecule has 2 amide bonds. The van der Waals surface area contributed by atoms with Crippen LogP contribution >= 0.6 is 11.6 Å². The summed E-state index contributed by atoms with van der Waals surface area (Å²) in [6.45, 7) is 5.92. The molecule has 0 saturated heterocycles. The Balaban J connectivity index is 2.41. The summed E-state index contributed by atoms with van der Waals surface area (Å²) in [5.41, 5.74) is -0.125. The number of nitriles is 1. The maximum Gasteiger partial charge on any atom is 0.407 e. The number of carbonyl (C=O) groups is 2. The number of hydrogen-bond acceptors (Lipinski definition) is 5. The minimum absolute atomic E-state index is 0.0905. The predicted octanol–water partition coefficient (Wildman–Crippen LogP) is 2.80. The van der Waals surface area contributed by atoms with Crippen LogP contribution in [0.25, 0.3) is 0 Å². The first-order valence-electron chi connectivity index (χ1n) is 7.58. The fourth-order valence-corrected chi connectivity index (χ4v) is 1.73. The number of anilines is 1. The summed E-state index contributed by atoms with van der Waals surface area (Å²) >= 11 is 5.77. The Hall–Kier alpha value is -2.72. The van der Waals surface area contributed by atoms with Crippen LogP contribution in [0.1, 0.15) is 20.8 Å². The molecule has 0 bridgehead atoms. The Kier molecular flexibility index (Phi) is 7.76. The van der Waals surface area contributed by atoms with Gasteiger partial charge >= 0.3 is 6.09 Å². The van der Waals surface area contributed by atoms with Crippen LogP contribution in [-0.2, 0) is 9.53 Å². The molecule has 0 aliphatic heterocycles. The summed E-state index contributed by atoms with van der Waals surface area (Å²) in [5.74, 6) is -0.544. The van der Waals surface area contributed by atoms with E-state index in [-0.39, 0.29) is 12.1 Å². The van der Waals surface area contributed by atoms with Gasteiger partial charge in [0.25, 0.3) is 5.91 Å². The maximum atomic E-state index is 12.0. The maximum absolute atomic E-state index is 12.0. The molecule has 0 heterocycles. The van der Waals surface area contributed by atoms with Crippen molar-refractivity contribution < 1.29 is 14.3 Å². The van der Waals surface area contributed by atoms with Gasteiger partial charge in [-0.05, 0) is 45.0 Å². The van der Waals surface area contributed by atoms with E-state index in [1.807, 2.05) is 6.07 Å². The lowest BCUT2D eigenvalue weighted by Crippen LogP contribution is -2.35. The zero-order valence-corrected chi connectivity index (χ0v) is 15.1. The first kappa shape index (κ1) is 20.3. The third kappa shape index (κ3) is 8.63. The largest absolute Gasteiger partial charge is 0.444 e. The molecule has 0 spiro atoms. The van der Waals surface area contributed by atoms with E-state index in [0.29, 0.717) is 17.3 Å². The van der Waals surface area contributed by atoms with E-state index in [1.165, 1.54) is 6.20 Å². The van der Waals surface area contributed by atoms with Gasteiger partial charge < -0.3 is 20.7 Å². The van der Waals surface area contributed by atoms with E-state index in [9.17, 15) is 9.59 Å². The second kappa shape index (κ2) is 9.55. The molecule has 7 nitrogen and oxygen atoms in total. The van der Waals surface area contributed by atoms with Gasteiger partial charge in [0.1, 0.15) is 17.2 Å². The summed E-state index contributed by atoms with van der Waals surface area (Å²) in [6.07, 6.45) is 0.765. The van der Waals surface area contributed by atoms with Gasteiger partial charge in [0.2, 0.25) is 0 Å². The molecular weight excluding hydrogens is 344 g/mol. The van der Waals surface area contributed by atoms with Gasteiger partial charge in [0.05, 0.1) is 0 Å². The molecule has 1 aromatic carbocycles. The van der Waals surface area contributed by atoms with E-state index < -0.39 is 17.6 Å². The molecule has 134 valence electrons. The third-order valence-electron chi connectivity index (χ3n) is 2.65. The van der Waals surface area contributed by atoms with E-state index >= 15 is 0 Å². The molecule has 0 aromatic heterocycles. The van der Waals surface area contributed by atoms with Crippen molar-refractivity contribution in [2.24, 2.45) is 0 Å². The number of rotatable bonds is 6. The lowest BCUT2D eigenvalue weighted by atomic mass is 10.2. The van der Waals surface area contributed by atoms with Crippen molar-refractivity contribution in [1.29, 1.82) is 5.26 Å². The van der Waals surface area contributed by atoms with Crippen molar-refractivity contribution in [3.63, 3.8) is 0 Å². The minimum atomic E-state index is -0.564. The zero-order chi connectivity index (χ0) is 18.9. The number of carbonyl (C=O) groups excluding carboxylic acids is 2. The van der Waals surface area contributed by atoms with Crippen LogP contribution in [0.2, 0.25) is 5.02 Å². The molecule has 3 N–H and O–H groups in total. The van der Waals surface area contributed by atoms with Crippen molar-refractivity contribution in [1.82, 2.24) is 10.6 Å². The average Bonchev–Trinajstić information content (AvgIpc) is 2.51. The summed E-state index contributed by atoms with van der Waals surface area (Å²) in [6, 6.07) is 8.34. The SMILES string of the molecule is CC(C)(C)OC(=O)NCCN/C=C(/C#N)C(=O)Nc1ccc(Cl)cc1. The molecule has 1 rings (SSSR count). The molecule has 0 atom stereocenters. The Labute approximate surface area is 152 Å². The van der Waals surface area contributed by atoms with Crippen molar-refractivity contribution in [2.45, 2.75) is 26.4 Å². The van der Waals surface area contributed by atoms with Crippen LogP contribution in [0.3, 0.4) is 0 Å². The highest BCUT2D eigenvalue weighted by atomic mass is 35.5. The van der Waals surface area contributed by atoms with Crippen LogP contribution in [0.5, 0.6) is 0 Å². The van der Waals surface area contributed by atoms with Crippen LogP contribution in [0, 0.1) is 11.3 Å². The monoisotopic (exact) mass is 364 g/mol. The molecule has 0 radical (unpaired) electrons. The van der Waals surface area contributed by atoms with Crippen molar-refractivity contribution in [2.75, 3.05) is 18.4 Å². The molecule has 0 fully saturated rings. The number of benzene rings is 1. The molecule has 1 aromatic rings. The second-order valence-electron chi connectivity index (χ2n) is 6.01. The van der Waals surface area contributed by atoms with Crippen LogP contribution in [-0.4, -0.2) is 30.7 Å². The quantitative estimate of drug-likeness (QED) is 0.409. The standard InChI is InChI=1S/C17H21ClN4O3/c1-17(2,3)25-16(24)21-9-8-20-11-12(10-19)15(23)22-14-6-4-13(18)5-7-14/h4-7,11,20H,8-9H2,1-3H3,(H,21,24)(H,22,23)/b12-11-. The molecule has 0 aliphatic carbocycles. The molecular formula is C17H21ClN4O3. The van der Waals surface area contributed by atoms with E-state index in [0.717, 1.165) is 0 Å². The summed E-state index contributed by atoms with van der Waals surface area (Å²) in [7, 11) is 0. The van der Waals surface area contributed by atoms with Crippen molar-refractivity contribution in [3.8, 4) is 6.07 Å². The number of amides is 2. The Bertz CT molecular complexity index is 673. The molecule has 0 saturated carbocycles. The highest BCUT2D eigenvalue weighted by Crippen LogP contribution is 2.14. The first-order chi connectivity index (χ1) is 11.7. The van der Waals surface area contributed by atoms with Gasteiger partial charge in [0.15, 0.2) is 0 Å². The zero-order valence-electron chi connectivity index (χ0n) is 14.4. The van der Waals surface area contributed by atoms with Gasteiger partial charge in [-0.1, -0.05) is 11.6 Å². The molecule has 8 heteroatoms. The number of halogens is 1. The van der Waals surface area contributed by atoms with Gasteiger partial charge in [-0.3, -0.25) is 4.79 Å². The Morgan fingerprint density at radius 3 is 2.44 bits per heavy atom. The summed E-state index contributed by atoms with van der Waals surface area (Å²) in [5, 5.41) is 17.5. The Morgan fingerprint density at radius 1 is 1.24 bits per heavy atom. The number of hydrogen-bond donors (Lipinski definition) is 3. The number of ether oxygens (including phenoxy) is 1. The summed E-state index contributed by atoms with van der Waals surface area (Å²) < 4.78 is 5.08. The van der Waals surface area contributed by atoms with E-state index in [4.69, 9.17) is 21.6 Å². The van der Waals surface area contributed by atoms with Gasteiger partial charge in [-0.25, -0.2) is 4.79 Å². The van der Waals surface area contributed by atoms with Gasteiger partial charge in [0, 0.05) is 30.0 Å². The molecule has 25 heavy (non-hydrogen) atoms. The van der Waals surface area contributed by atoms with Gasteiger partial charge in [-0.15, -0.1) is 0 Å². The third-order valence-corrected chi connectivity index (χ3v) is 2.90. The molecule has 0 aliphatic rings. The Morgan fingerprint density at radius 2 is 1.88 bits per heavy atom. The number of nitrogens with zero attached hydrogens (tertiary/aromatic N) is 1. The lowest BCUT2D eigenvalue weighted by Gasteiger charge is -2.19. The first-order valence-corrected chi connectivity index (χ1v) is 7.96. The fraction of sp³-hybridized carbons (Fsp3) is 0.353. The molecule has 0 unspecified atom stereocenters. The highest BCUT2D eigenvalue weighted by Gasteiger charge is 2.15. The minimum Gasteiger partial charge on any atom is -0.444 e. The predicted molar refractivity (Wildman–Crippen MR) is 96.0 cm³/mol. The second-order valence-corrected chi connectivity index (χ2v) is 6.45. The summed E-state index contributed by atoms with van der Waals surface area (Å²) in [4.78, 5) is 23.4. The van der Waals surface area contributed by atoms with Gasteiger partial charge in [-0.2, -0.15) is 5.26 Å². The number of alkyl carbamates (subject to hydrolysis) is 1. The lowest BCUT2D eigenvalue weighted by molar-refractivity contribution is -0.112. The topological polar surface area (TPSA) is 103 Å².